The minimum atomic E-state index is -2.55. The monoisotopic (exact) mass is 365 g/mol. The van der Waals surface area contributed by atoms with Gasteiger partial charge in [0.05, 0.1) is 0 Å². The molecule has 2 aromatic rings. The van der Waals surface area contributed by atoms with Crippen LogP contribution in [0.25, 0.3) is 0 Å². The highest BCUT2D eigenvalue weighted by atomic mass is 32.2. The van der Waals surface area contributed by atoms with Gasteiger partial charge in [-0.3, -0.25) is 4.79 Å². The van der Waals surface area contributed by atoms with Crippen molar-refractivity contribution in [3.63, 3.8) is 0 Å². The molecule has 134 valence electrons. The number of alkyl halides is 2. The Bertz CT molecular complexity index is 758. The van der Waals surface area contributed by atoms with Crippen molar-refractivity contribution in [2.75, 3.05) is 5.32 Å². The number of hydrogen-bond donors (Lipinski definition) is 1. The number of aryl methyl sites for hydroxylation is 4. The number of aromatic nitrogens is 2. The van der Waals surface area contributed by atoms with Crippen molar-refractivity contribution < 1.29 is 13.6 Å². The number of rotatable bonds is 6. The molecule has 1 amide bonds. The van der Waals surface area contributed by atoms with E-state index < -0.39 is 5.76 Å². The third kappa shape index (κ3) is 5.49. The van der Waals surface area contributed by atoms with E-state index in [0.717, 1.165) is 22.4 Å². The Morgan fingerprint density at radius 3 is 2.36 bits per heavy atom. The van der Waals surface area contributed by atoms with Crippen LogP contribution in [0.2, 0.25) is 0 Å². The van der Waals surface area contributed by atoms with Gasteiger partial charge in [-0.2, -0.15) is 8.78 Å². The van der Waals surface area contributed by atoms with Crippen LogP contribution >= 0.6 is 11.8 Å². The van der Waals surface area contributed by atoms with Gasteiger partial charge in [-0.25, -0.2) is 9.97 Å². The molecule has 0 spiro atoms. The average Bonchev–Trinajstić information content (AvgIpc) is 2.48. The molecule has 25 heavy (non-hydrogen) atoms. The molecule has 0 fully saturated rings. The first-order valence-corrected chi connectivity index (χ1v) is 8.80. The molecular weight excluding hydrogens is 344 g/mol. The molecule has 4 nitrogen and oxygen atoms in total. The van der Waals surface area contributed by atoms with Crippen LogP contribution in [0.4, 0.5) is 14.5 Å². The lowest BCUT2D eigenvalue weighted by Crippen LogP contribution is -2.14. The molecule has 1 aromatic heterocycles. The fourth-order valence-electron chi connectivity index (χ4n) is 2.61. The van der Waals surface area contributed by atoms with E-state index in [-0.39, 0.29) is 17.5 Å². The van der Waals surface area contributed by atoms with Crippen LogP contribution in [-0.2, 0) is 11.2 Å². The summed E-state index contributed by atoms with van der Waals surface area (Å²) in [7, 11) is 0. The molecule has 0 aliphatic carbocycles. The highest BCUT2D eigenvalue weighted by molar-refractivity contribution is 7.99. The summed E-state index contributed by atoms with van der Waals surface area (Å²) >= 11 is 0.330. The zero-order valence-electron chi connectivity index (χ0n) is 14.7. The van der Waals surface area contributed by atoms with Crippen molar-refractivity contribution in [1.29, 1.82) is 0 Å². The third-order valence-corrected chi connectivity index (χ3v) is 4.42. The number of carbonyl (C=O) groups excluding carboxylic acids is 1. The van der Waals surface area contributed by atoms with E-state index in [4.69, 9.17) is 0 Å². The number of benzene rings is 1. The number of thioether (sulfide) groups is 1. The van der Waals surface area contributed by atoms with Crippen LogP contribution in [0.15, 0.2) is 23.4 Å². The molecule has 0 radical (unpaired) electrons. The maximum atomic E-state index is 12.4. The zero-order valence-corrected chi connectivity index (χ0v) is 15.5. The summed E-state index contributed by atoms with van der Waals surface area (Å²) in [5, 5.41) is 2.96. The quantitative estimate of drug-likeness (QED) is 0.601. The summed E-state index contributed by atoms with van der Waals surface area (Å²) in [6.07, 6.45) is 0.744. The van der Waals surface area contributed by atoms with Gasteiger partial charge in [-0.05, 0) is 63.1 Å². The second kappa shape index (κ2) is 8.38. The highest BCUT2D eigenvalue weighted by Crippen LogP contribution is 2.24. The summed E-state index contributed by atoms with van der Waals surface area (Å²) in [6, 6.07) is 5.85. The first kappa shape index (κ1) is 19.3. The van der Waals surface area contributed by atoms with Gasteiger partial charge in [0, 0.05) is 23.5 Å². The van der Waals surface area contributed by atoms with Gasteiger partial charge in [0.2, 0.25) is 5.91 Å². The minimum absolute atomic E-state index is 0.0634. The van der Waals surface area contributed by atoms with Crippen LogP contribution in [-0.4, -0.2) is 21.6 Å². The van der Waals surface area contributed by atoms with Gasteiger partial charge < -0.3 is 5.32 Å². The van der Waals surface area contributed by atoms with E-state index in [1.807, 2.05) is 32.0 Å². The number of anilines is 1. The third-order valence-electron chi connectivity index (χ3n) is 3.85. The number of carbonyl (C=O) groups is 1. The van der Waals surface area contributed by atoms with E-state index in [0.29, 0.717) is 29.6 Å². The summed E-state index contributed by atoms with van der Waals surface area (Å²) in [6.45, 7) is 7.45. The summed E-state index contributed by atoms with van der Waals surface area (Å²) < 4.78 is 24.9. The Labute approximate surface area is 150 Å². The fourth-order valence-corrected chi connectivity index (χ4v) is 3.15. The second-order valence-corrected chi connectivity index (χ2v) is 6.86. The summed E-state index contributed by atoms with van der Waals surface area (Å²) in [5.41, 5.74) is 5.04. The molecule has 0 unspecified atom stereocenters. The lowest BCUT2D eigenvalue weighted by Gasteiger charge is -2.12. The number of hydrogen-bond acceptors (Lipinski definition) is 4. The summed E-state index contributed by atoms with van der Waals surface area (Å²) in [5.74, 6) is -2.65. The largest absolute Gasteiger partial charge is 0.326 e. The second-order valence-electron chi connectivity index (χ2n) is 5.90. The van der Waals surface area contributed by atoms with Crippen LogP contribution < -0.4 is 5.32 Å². The Morgan fingerprint density at radius 1 is 1.16 bits per heavy atom. The molecule has 2 rings (SSSR count). The zero-order chi connectivity index (χ0) is 18.6. The number of nitrogens with zero attached hydrogens (tertiary/aromatic N) is 2. The maximum Gasteiger partial charge on any atom is 0.291 e. The molecule has 1 heterocycles. The van der Waals surface area contributed by atoms with Gasteiger partial charge >= 0.3 is 0 Å². The van der Waals surface area contributed by atoms with Crippen molar-refractivity contribution >= 4 is 23.4 Å². The van der Waals surface area contributed by atoms with Crippen LogP contribution in [0.3, 0.4) is 0 Å². The van der Waals surface area contributed by atoms with Crippen molar-refractivity contribution in [2.24, 2.45) is 0 Å². The van der Waals surface area contributed by atoms with Gasteiger partial charge in [0.25, 0.3) is 5.76 Å². The van der Waals surface area contributed by atoms with Gasteiger partial charge in [-0.1, -0.05) is 17.7 Å². The molecule has 0 atom stereocenters. The molecule has 0 aliphatic heterocycles. The van der Waals surface area contributed by atoms with Crippen molar-refractivity contribution in [2.45, 2.75) is 51.5 Å². The summed E-state index contributed by atoms with van der Waals surface area (Å²) in [4.78, 5) is 20.4. The molecule has 1 N–H and O–H groups in total. The molecule has 0 saturated carbocycles. The molecule has 7 heteroatoms. The minimum Gasteiger partial charge on any atom is -0.326 e. The predicted molar refractivity (Wildman–Crippen MR) is 96.2 cm³/mol. The lowest BCUT2D eigenvalue weighted by atomic mass is 10.1. The van der Waals surface area contributed by atoms with Crippen LogP contribution in [0.1, 0.15) is 34.5 Å². The number of nitrogens with one attached hydrogen (secondary N) is 1. The van der Waals surface area contributed by atoms with Crippen molar-refractivity contribution in [3.8, 4) is 0 Å². The van der Waals surface area contributed by atoms with E-state index in [1.54, 1.807) is 13.8 Å². The molecular formula is C18H21F2N3OS. The normalized spacial score (nSPS) is 11.0. The van der Waals surface area contributed by atoms with Crippen molar-refractivity contribution in [3.05, 3.63) is 46.3 Å². The number of halogens is 2. The first-order chi connectivity index (χ1) is 11.8. The fraction of sp³-hybridized carbons (Fsp3) is 0.389. The first-order valence-electron chi connectivity index (χ1n) is 7.92. The van der Waals surface area contributed by atoms with Gasteiger partial charge in [-0.15, -0.1) is 0 Å². The Balaban J connectivity index is 2.02. The molecule has 0 saturated heterocycles. The van der Waals surface area contributed by atoms with E-state index in [9.17, 15) is 13.6 Å². The molecule has 0 bridgehead atoms. The van der Waals surface area contributed by atoms with Gasteiger partial charge in [0.1, 0.15) is 0 Å². The van der Waals surface area contributed by atoms with Crippen molar-refractivity contribution in [1.82, 2.24) is 9.97 Å². The lowest BCUT2D eigenvalue weighted by molar-refractivity contribution is -0.116. The van der Waals surface area contributed by atoms with E-state index in [1.165, 1.54) is 0 Å². The predicted octanol–water partition coefficient (Wildman–Crippen LogP) is 4.60. The molecule has 0 aliphatic rings. The van der Waals surface area contributed by atoms with Gasteiger partial charge in [0.15, 0.2) is 5.16 Å². The highest BCUT2D eigenvalue weighted by Gasteiger charge is 2.14. The Hall–Kier alpha value is -2.02. The topological polar surface area (TPSA) is 54.9 Å². The van der Waals surface area contributed by atoms with Crippen LogP contribution in [0.5, 0.6) is 0 Å². The van der Waals surface area contributed by atoms with E-state index in [2.05, 4.69) is 15.3 Å². The standard InChI is InChI=1S/C18H21F2N3OS/c1-10-5-7-15(11(2)9-10)23-16(24)8-6-14-12(3)21-18(22-13(14)4)25-17(19)20/h5,7,9,17H,6,8H2,1-4H3,(H,23,24). The Kier molecular flexibility index (Phi) is 6.47. The number of amides is 1. The molecule has 1 aromatic carbocycles. The average molecular weight is 365 g/mol. The SMILES string of the molecule is Cc1ccc(NC(=O)CCc2c(C)nc(SC(F)F)nc2C)c(C)c1. The Morgan fingerprint density at radius 2 is 1.80 bits per heavy atom. The smallest absolute Gasteiger partial charge is 0.291 e. The maximum absolute atomic E-state index is 12.4. The van der Waals surface area contributed by atoms with Crippen LogP contribution in [0, 0.1) is 27.7 Å². The van der Waals surface area contributed by atoms with E-state index >= 15 is 0 Å².